The molecule has 1 amide bonds. The molecule has 0 fully saturated rings. The second-order valence-corrected chi connectivity index (χ2v) is 6.75. The van der Waals surface area contributed by atoms with E-state index in [0.29, 0.717) is 44.2 Å². The minimum Gasteiger partial charge on any atom is -0.375 e. The standard InChI is InChI=1S/C17H28ClN3O2/c1-17(2,3)23-11-10-21(9-8-20-13-22)16(12-19)14-6-4-5-7-15(14)18/h4-7,13,16H,8-12,19H2,1-3H3,(H,20,22). The van der Waals surface area contributed by atoms with E-state index in [2.05, 4.69) is 10.2 Å². The molecule has 0 bridgehead atoms. The van der Waals surface area contributed by atoms with Crippen LogP contribution in [0.3, 0.4) is 0 Å². The van der Waals surface area contributed by atoms with Crippen LogP contribution in [0.15, 0.2) is 24.3 Å². The van der Waals surface area contributed by atoms with Crippen molar-refractivity contribution in [2.24, 2.45) is 5.73 Å². The van der Waals surface area contributed by atoms with E-state index in [1.54, 1.807) is 0 Å². The number of hydrogen-bond donors (Lipinski definition) is 2. The molecule has 1 atom stereocenters. The molecule has 23 heavy (non-hydrogen) atoms. The number of amides is 1. The number of carbonyl (C=O) groups excluding carboxylic acids is 1. The molecule has 0 aliphatic heterocycles. The fraction of sp³-hybridized carbons (Fsp3) is 0.588. The first-order chi connectivity index (χ1) is 10.9. The molecule has 0 saturated heterocycles. The highest BCUT2D eigenvalue weighted by atomic mass is 35.5. The minimum atomic E-state index is -0.185. The molecule has 0 aliphatic rings. The van der Waals surface area contributed by atoms with Gasteiger partial charge in [0.05, 0.1) is 12.2 Å². The number of nitrogens with two attached hydrogens (primary N) is 1. The van der Waals surface area contributed by atoms with E-state index >= 15 is 0 Å². The van der Waals surface area contributed by atoms with Crippen LogP contribution in [0.2, 0.25) is 5.02 Å². The van der Waals surface area contributed by atoms with E-state index in [1.165, 1.54) is 0 Å². The molecule has 0 heterocycles. The van der Waals surface area contributed by atoms with E-state index in [0.717, 1.165) is 5.56 Å². The third kappa shape index (κ3) is 7.31. The smallest absolute Gasteiger partial charge is 0.207 e. The molecule has 0 spiro atoms. The molecule has 5 nitrogen and oxygen atoms in total. The summed E-state index contributed by atoms with van der Waals surface area (Å²) in [6.45, 7) is 9.06. The first-order valence-corrected chi connectivity index (χ1v) is 8.26. The molecule has 1 aromatic rings. The van der Waals surface area contributed by atoms with Crippen molar-refractivity contribution in [3.05, 3.63) is 34.9 Å². The molecule has 6 heteroatoms. The summed E-state index contributed by atoms with van der Waals surface area (Å²) in [7, 11) is 0. The number of nitrogens with one attached hydrogen (secondary N) is 1. The Morgan fingerprint density at radius 2 is 2.04 bits per heavy atom. The summed E-state index contributed by atoms with van der Waals surface area (Å²) in [5, 5.41) is 3.40. The van der Waals surface area contributed by atoms with Crippen LogP contribution in [0.4, 0.5) is 0 Å². The zero-order valence-corrected chi connectivity index (χ0v) is 15.0. The number of ether oxygens (including phenoxy) is 1. The normalized spacial score (nSPS) is 13.1. The van der Waals surface area contributed by atoms with E-state index in [4.69, 9.17) is 22.1 Å². The highest BCUT2D eigenvalue weighted by Gasteiger charge is 2.21. The molecule has 1 unspecified atom stereocenters. The molecular formula is C17H28ClN3O2. The van der Waals surface area contributed by atoms with Gasteiger partial charge in [0.15, 0.2) is 0 Å². The van der Waals surface area contributed by atoms with Gasteiger partial charge in [0.25, 0.3) is 0 Å². The van der Waals surface area contributed by atoms with Gasteiger partial charge in [0.2, 0.25) is 6.41 Å². The Labute approximate surface area is 144 Å². The van der Waals surface area contributed by atoms with Crippen molar-refractivity contribution in [2.75, 3.05) is 32.8 Å². The van der Waals surface area contributed by atoms with Crippen LogP contribution in [-0.2, 0) is 9.53 Å². The Bertz CT molecular complexity index is 477. The molecule has 3 N–H and O–H groups in total. The maximum Gasteiger partial charge on any atom is 0.207 e. The summed E-state index contributed by atoms with van der Waals surface area (Å²) in [6.07, 6.45) is 0.705. The van der Waals surface area contributed by atoms with E-state index in [-0.39, 0.29) is 11.6 Å². The molecule has 1 aromatic carbocycles. The van der Waals surface area contributed by atoms with Crippen LogP contribution < -0.4 is 11.1 Å². The van der Waals surface area contributed by atoms with Crippen molar-refractivity contribution < 1.29 is 9.53 Å². The molecule has 0 radical (unpaired) electrons. The summed E-state index contributed by atoms with van der Waals surface area (Å²) in [5.41, 5.74) is 6.82. The fourth-order valence-corrected chi connectivity index (χ4v) is 2.64. The van der Waals surface area contributed by atoms with Gasteiger partial charge >= 0.3 is 0 Å². The number of hydrogen-bond acceptors (Lipinski definition) is 4. The molecule has 0 saturated carbocycles. The van der Waals surface area contributed by atoms with Gasteiger partial charge in [0, 0.05) is 37.2 Å². The summed E-state index contributed by atoms with van der Waals surface area (Å²) in [5.74, 6) is 0. The SMILES string of the molecule is CC(C)(C)OCCN(CCNC=O)C(CN)c1ccccc1Cl. The van der Waals surface area contributed by atoms with E-state index in [9.17, 15) is 4.79 Å². The van der Waals surface area contributed by atoms with Crippen LogP contribution in [0, 0.1) is 0 Å². The summed E-state index contributed by atoms with van der Waals surface area (Å²) >= 11 is 6.32. The van der Waals surface area contributed by atoms with Crippen molar-refractivity contribution in [3.8, 4) is 0 Å². The van der Waals surface area contributed by atoms with Gasteiger partial charge in [-0.05, 0) is 32.4 Å². The first kappa shape index (κ1) is 19.9. The van der Waals surface area contributed by atoms with Gasteiger partial charge < -0.3 is 15.8 Å². The first-order valence-electron chi connectivity index (χ1n) is 7.88. The monoisotopic (exact) mass is 341 g/mol. The van der Waals surface area contributed by atoms with Crippen LogP contribution >= 0.6 is 11.6 Å². The largest absolute Gasteiger partial charge is 0.375 e. The third-order valence-corrected chi connectivity index (χ3v) is 3.81. The second-order valence-electron chi connectivity index (χ2n) is 6.34. The van der Waals surface area contributed by atoms with Gasteiger partial charge in [-0.3, -0.25) is 9.69 Å². The summed E-state index contributed by atoms with van der Waals surface area (Å²) < 4.78 is 5.82. The highest BCUT2D eigenvalue weighted by Crippen LogP contribution is 2.26. The predicted molar refractivity (Wildman–Crippen MR) is 94.6 cm³/mol. The van der Waals surface area contributed by atoms with Crippen molar-refractivity contribution in [1.29, 1.82) is 0 Å². The van der Waals surface area contributed by atoms with Crippen molar-refractivity contribution >= 4 is 18.0 Å². The average molecular weight is 342 g/mol. The molecule has 0 aromatic heterocycles. The molecular weight excluding hydrogens is 314 g/mol. The summed E-state index contributed by atoms with van der Waals surface area (Å²) in [6, 6.07) is 7.70. The lowest BCUT2D eigenvalue weighted by molar-refractivity contribution is -0.109. The minimum absolute atomic E-state index is 0.0132. The maximum atomic E-state index is 10.5. The Hall–Kier alpha value is -1.14. The number of rotatable bonds is 10. The van der Waals surface area contributed by atoms with E-state index < -0.39 is 0 Å². The van der Waals surface area contributed by atoms with Gasteiger partial charge in [-0.15, -0.1) is 0 Å². The van der Waals surface area contributed by atoms with Crippen molar-refractivity contribution in [2.45, 2.75) is 32.4 Å². The lowest BCUT2D eigenvalue weighted by atomic mass is 10.1. The zero-order chi connectivity index (χ0) is 17.3. The Kier molecular flexibility index (Phi) is 8.55. The predicted octanol–water partition coefficient (Wildman–Crippen LogP) is 2.20. The fourth-order valence-electron chi connectivity index (χ4n) is 2.38. The average Bonchev–Trinajstić information content (AvgIpc) is 2.48. The maximum absolute atomic E-state index is 10.5. The quantitative estimate of drug-likeness (QED) is 0.505. The third-order valence-electron chi connectivity index (χ3n) is 3.47. The molecule has 130 valence electrons. The Morgan fingerprint density at radius 3 is 2.61 bits per heavy atom. The van der Waals surface area contributed by atoms with Crippen molar-refractivity contribution in [3.63, 3.8) is 0 Å². The topological polar surface area (TPSA) is 67.6 Å². The second kappa shape index (κ2) is 9.88. The van der Waals surface area contributed by atoms with Crippen molar-refractivity contribution in [1.82, 2.24) is 10.2 Å². The highest BCUT2D eigenvalue weighted by molar-refractivity contribution is 6.31. The lowest BCUT2D eigenvalue weighted by Gasteiger charge is -2.32. The number of halogens is 1. The number of benzene rings is 1. The lowest BCUT2D eigenvalue weighted by Crippen LogP contribution is -2.41. The van der Waals surface area contributed by atoms with E-state index in [1.807, 2.05) is 45.0 Å². The number of carbonyl (C=O) groups is 1. The zero-order valence-electron chi connectivity index (χ0n) is 14.2. The summed E-state index contributed by atoms with van der Waals surface area (Å²) in [4.78, 5) is 12.7. The van der Waals surface area contributed by atoms with Crippen LogP contribution in [0.25, 0.3) is 0 Å². The number of nitrogens with zero attached hydrogens (tertiary/aromatic N) is 1. The molecule has 0 aliphatic carbocycles. The van der Waals surface area contributed by atoms with Crippen LogP contribution in [0.5, 0.6) is 0 Å². The Balaban J connectivity index is 2.82. The van der Waals surface area contributed by atoms with Gasteiger partial charge in [-0.2, -0.15) is 0 Å². The Morgan fingerprint density at radius 1 is 1.35 bits per heavy atom. The van der Waals surface area contributed by atoms with Gasteiger partial charge in [0.1, 0.15) is 0 Å². The van der Waals surface area contributed by atoms with Crippen LogP contribution in [0.1, 0.15) is 32.4 Å². The molecule has 1 rings (SSSR count). The van der Waals surface area contributed by atoms with Gasteiger partial charge in [-0.1, -0.05) is 29.8 Å². The van der Waals surface area contributed by atoms with Crippen LogP contribution in [-0.4, -0.2) is 49.7 Å². The van der Waals surface area contributed by atoms with Gasteiger partial charge in [-0.25, -0.2) is 0 Å².